The second-order valence-electron chi connectivity index (χ2n) is 6.58. The molecule has 1 heterocycles. The Labute approximate surface area is 173 Å². The van der Waals surface area contributed by atoms with E-state index in [9.17, 15) is 9.59 Å². The molecule has 0 radical (unpaired) electrons. The number of aromatic nitrogens is 2. The summed E-state index contributed by atoms with van der Waals surface area (Å²) >= 11 is 8.03. The first kappa shape index (κ1) is 21.1. The van der Waals surface area contributed by atoms with E-state index in [4.69, 9.17) is 0 Å². The van der Waals surface area contributed by atoms with Crippen molar-refractivity contribution in [2.45, 2.75) is 41.2 Å². The number of thioether (sulfide) groups is 1. The molecule has 0 aliphatic carbocycles. The highest BCUT2D eigenvalue weighted by molar-refractivity contribution is 9.10. The Morgan fingerprint density at radius 3 is 2.38 bits per heavy atom. The molecule has 2 rings (SSSR count). The minimum Gasteiger partial charge on any atom is -0.304 e. The average molecular weight is 504 g/mol. The van der Waals surface area contributed by atoms with Crippen molar-refractivity contribution in [3.8, 4) is 0 Å². The Morgan fingerprint density at radius 2 is 1.85 bits per heavy atom. The Hall–Kier alpha value is -1.19. The van der Waals surface area contributed by atoms with Crippen molar-refractivity contribution in [1.29, 1.82) is 0 Å². The van der Waals surface area contributed by atoms with Gasteiger partial charge in [0.2, 0.25) is 5.91 Å². The second kappa shape index (κ2) is 7.82. The van der Waals surface area contributed by atoms with Crippen molar-refractivity contribution in [3.05, 3.63) is 24.4 Å². The lowest BCUT2D eigenvalue weighted by molar-refractivity contribution is -0.121. The lowest BCUT2D eigenvalue weighted by Crippen LogP contribution is -2.40. The molecule has 6 nitrogen and oxygen atoms in total. The molecule has 1 amide bonds. The van der Waals surface area contributed by atoms with Crippen LogP contribution in [0.25, 0.3) is 10.9 Å². The van der Waals surface area contributed by atoms with Gasteiger partial charge in [-0.1, -0.05) is 49.7 Å². The van der Waals surface area contributed by atoms with Gasteiger partial charge in [-0.2, -0.15) is 9.78 Å². The van der Waals surface area contributed by atoms with E-state index < -0.39 is 8.65 Å². The Balaban J connectivity index is 2.35. The molecule has 0 aliphatic rings. The summed E-state index contributed by atoms with van der Waals surface area (Å²) in [6, 6.07) is 5.59. The molecule has 2 aromatic rings. The van der Waals surface area contributed by atoms with Gasteiger partial charge in [0.25, 0.3) is 5.91 Å². The Bertz CT molecular complexity index is 879. The van der Waals surface area contributed by atoms with Gasteiger partial charge in [-0.15, -0.1) is 0 Å². The zero-order valence-electron chi connectivity index (χ0n) is 15.1. The van der Waals surface area contributed by atoms with E-state index in [0.717, 1.165) is 10.3 Å². The summed E-state index contributed by atoms with van der Waals surface area (Å²) in [4.78, 5) is 29.7. The minimum absolute atomic E-state index is 0.159. The first-order chi connectivity index (χ1) is 11.9. The average Bonchev–Trinajstić information content (AvgIpc) is 2.96. The van der Waals surface area contributed by atoms with Gasteiger partial charge in [-0.25, -0.2) is 0 Å². The highest BCUT2D eigenvalue weighted by Crippen LogP contribution is 2.30. The van der Waals surface area contributed by atoms with Gasteiger partial charge in [0.1, 0.15) is 4.32 Å². The highest BCUT2D eigenvalue weighted by Gasteiger charge is 2.28. The van der Waals surface area contributed by atoms with E-state index in [2.05, 4.69) is 47.3 Å². The number of carbonyl (C=O) groups excluding carboxylic acids is 2. The molecule has 0 aliphatic heterocycles. The first-order valence-electron chi connectivity index (χ1n) is 7.80. The summed E-state index contributed by atoms with van der Waals surface area (Å²) in [7, 11) is 1.62. The monoisotopic (exact) mass is 502 g/mol. The molecule has 0 unspecified atom stereocenters. The van der Waals surface area contributed by atoms with Gasteiger partial charge in [0.05, 0.1) is 16.0 Å². The van der Waals surface area contributed by atoms with Gasteiger partial charge in [0.15, 0.2) is 5.17 Å². The fraction of sp³-hybridized carbons (Fsp3) is 0.412. The summed E-state index contributed by atoms with van der Waals surface area (Å²) in [6.45, 7) is 7.08. The van der Waals surface area contributed by atoms with Crippen LogP contribution in [0.3, 0.4) is 0 Å². The number of alkyl halides is 2. The summed E-state index contributed by atoms with van der Waals surface area (Å²) in [6.07, 6.45) is 1.65. The fourth-order valence-corrected chi connectivity index (χ4v) is 3.13. The normalized spacial score (nSPS) is 13.1. The van der Waals surface area contributed by atoms with Crippen LogP contribution in [0.4, 0.5) is 0 Å². The number of amides is 1. The standard InChI is InChI=1S/C17H20Br2N4O2S/c1-16(2,18)13(24)22-15(20-5)26-12-8-6-7-11-10(12)9-21-23(11)14(25)17(3,4)19/h6-9H,1-5H3,(H,20,22,24). The van der Waals surface area contributed by atoms with E-state index in [1.54, 1.807) is 40.9 Å². The van der Waals surface area contributed by atoms with Gasteiger partial charge in [0, 0.05) is 17.3 Å². The third kappa shape index (κ3) is 4.75. The predicted molar refractivity (Wildman–Crippen MR) is 114 cm³/mol. The van der Waals surface area contributed by atoms with E-state index in [1.807, 2.05) is 18.2 Å². The second-order valence-corrected chi connectivity index (χ2v) is 11.6. The topological polar surface area (TPSA) is 76.3 Å². The Kier molecular flexibility index (Phi) is 6.35. The van der Waals surface area contributed by atoms with Crippen LogP contribution in [0.15, 0.2) is 34.3 Å². The smallest absolute Gasteiger partial charge is 0.263 e. The number of nitrogens with one attached hydrogen (secondary N) is 1. The molecule has 0 saturated carbocycles. The molecule has 26 heavy (non-hydrogen) atoms. The molecular weight excluding hydrogens is 484 g/mol. The number of amidine groups is 1. The molecule has 0 saturated heterocycles. The van der Waals surface area contributed by atoms with Crippen molar-refractivity contribution in [2.24, 2.45) is 4.99 Å². The maximum absolute atomic E-state index is 12.5. The lowest BCUT2D eigenvalue weighted by atomic mass is 10.2. The van der Waals surface area contributed by atoms with Crippen LogP contribution in [-0.2, 0) is 4.79 Å². The van der Waals surface area contributed by atoms with Crippen LogP contribution in [0, 0.1) is 0 Å². The molecule has 0 spiro atoms. The lowest BCUT2D eigenvalue weighted by Gasteiger charge is -2.17. The molecule has 0 fully saturated rings. The summed E-state index contributed by atoms with van der Waals surface area (Å²) in [5, 5.41) is 8.33. The first-order valence-corrected chi connectivity index (χ1v) is 10.2. The number of aliphatic imine (C=N–C) groups is 1. The number of halogens is 2. The molecule has 9 heteroatoms. The van der Waals surface area contributed by atoms with Crippen LogP contribution in [0.1, 0.15) is 32.5 Å². The number of hydrogen-bond donors (Lipinski definition) is 1. The quantitative estimate of drug-likeness (QED) is 0.294. The van der Waals surface area contributed by atoms with Crippen molar-refractivity contribution in [1.82, 2.24) is 15.1 Å². The minimum atomic E-state index is -0.722. The van der Waals surface area contributed by atoms with Crippen molar-refractivity contribution < 1.29 is 9.59 Å². The zero-order chi connectivity index (χ0) is 19.7. The summed E-state index contributed by atoms with van der Waals surface area (Å²) in [5.74, 6) is -0.349. The van der Waals surface area contributed by atoms with Crippen LogP contribution in [0.5, 0.6) is 0 Å². The molecule has 0 bridgehead atoms. The van der Waals surface area contributed by atoms with Crippen molar-refractivity contribution >= 4 is 71.5 Å². The molecular formula is C17H20Br2N4O2S. The van der Waals surface area contributed by atoms with Gasteiger partial charge in [-0.05, 0) is 39.8 Å². The van der Waals surface area contributed by atoms with Crippen LogP contribution in [-0.4, -0.2) is 42.5 Å². The van der Waals surface area contributed by atoms with E-state index in [0.29, 0.717) is 10.7 Å². The van der Waals surface area contributed by atoms with Crippen molar-refractivity contribution in [3.63, 3.8) is 0 Å². The molecule has 1 aromatic heterocycles. The number of rotatable bonds is 3. The summed E-state index contributed by atoms with van der Waals surface area (Å²) in [5.41, 5.74) is 0.704. The Morgan fingerprint density at radius 1 is 1.19 bits per heavy atom. The van der Waals surface area contributed by atoms with Crippen LogP contribution in [0.2, 0.25) is 0 Å². The number of hydrogen-bond acceptors (Lipinski definition) is 5. The van der Waals surface area contributed by atoms with E-state index >= 15 is 0 Å². The summed E-state index contributed by atoms with van der Waals surface area (Å²) < 4.78 is -0.0358. The zero-order valence-corrected chi connectivity index (χ0v) is 19.1. The van der Waals surface area contributed by atoms with Gasteiger partial charge < -0.3 is 5.32 Å². The number of nitrogens with zero attached hydrogens (tertiary/aromatic N) is 3. The maximum atomic E-state index is 12.5. The third-order valence-electron chi connectivity index (χ3n) is 3.44. The molecule has 1 N–H and O–H groups in total. The number of fused-ring (bicyclic) bond motifs is 1. The number of carbonyl (C=O) groups is 2. The maximum Gasteiger partial charge on any atom is 0.263 e. The van der Waals surface area contributed by atoms with E-state index in [1.165, 1.54) is 16.4 Å². The van der Waals surface area contributed by atoms with Crippen LogP contribution >= 0.6 is 43.6 Å². The van der Waals surface area contributed by atoms with Gasteiger partial charge >= 0.3 is 0 Å². The fourth-order valence-electron chi connectivity index (χ4n) is 2.00. The van der Waals surface area contributed by atoms with Crippen LogP contribution < -0.4 is 5.32 Å². The number of benzene rings is 1. The highest BCUT2D eigenvalue weighted by atomic mass is 79.9. The molecule has 1 aromatic carbocycles. The molecule has 0 atom stereocenters. The van der Waals surface area contributed by atoms with Crippen molar-refractivity contribution in [2.75, 3.05) is 7.05 Å². The van der Waals surface area contributed by atoms with Gasteiger partial charge in [-0.3, -0.25) is 14.6 Å². The SMILES string of the molecule is CN=C(NC(=O)C(C)(C)Br)Sc1cccc2c1cnn2C(=O)C(C)(C)Br. The molecule has 140 valence electrons. The predicted octanol–water partition coefficient (Wildman–Crippen LogP) is 4.22. The van der Waals surface area contributed by atoms with E-state index in [-0.39, 0.29) is 11.8 Å². The third-order valence-corrected chi connectivity index (χ3v) is 5.20. The largest absolute Gasteiger partial charge is 0.304 e.